The smallest absolute Gasteiger partial charge is 0.167 e. The molecule has 6 heteroatoms. The highest BCUT2D eigenvalue weighted by molar-refractivity contribution is 6.36. The summed E-state index contributed by atoms with van der Waals surface area (Å²) >= 11 is 19.2. The Balaban J connectivity index is 1.99. The van der Waals surface area contributed by atoms with E-state index in [9.17, 15) is 5.26 Å². The molecule has 0 bridgehead atoms. The minimum Gasteiger partial charge on any atom is -0.167 e. The second kappa shape index (κ2) is 8.20. The van der Waals surface area contributed by atoms with Crippen LogP contribution < -0.4 is 4.59 Å². The van der Waals surface area contributed by atoms with Crippen molar-refractivity contribution in [2.45, 2.75) is 51.1 Å². The molecule has 1 aliphatic heterocycles. The zero-order valence-electron chi connectivity index (χ0n) is 16.3. The normalized spacial score (nSPS) is 25.0. The van der Waals surface area contributed by atoms with Gasteiger partial charge in [-0.25, -0.2) is 0 Å². The minimum atomic E-state index is -0.0475. The van der Waals surface area contributed by atoms with Crippen molar-refractivity contribution >= 4 is 40.5 Å². The third-order valence-electron chi connectivity index (χ3n) is 6.22. The molecule has 2 aliphatic rings. The topological polar surface area (TPSA) is 27.0 Å². The summed E-state index contributed by atoms with van der Waals surface area (Å²) in [7, 11) is 0. The molecule has 0 radical (unpaired) electrons. The molecule has 0 spiro atoms. The molecule has 3 nitrogen and oxygen atoms in total. The number of halogens is 3. The average molecular weight is 448 g/mol. The van der Waals surface area contributed by atoms with Crippen molar-refractivity contribution in [3.05, 3.63) is 74.9 Å². The highest BCUT2D eigenvalue weighted by Gasteiger charge is 2.57. The molecule has 1 aliphatic carbocycles. The van der Waals surface area contributed by atoms with Gasteiger partial charge in [0, 0.05) is 40.1 Å². The Labute approximate surface area is 187 Å². The SMILES string of the molecule is CC1=CN(C#N)[N+](c2ccc(Cl)cc2Cl)(C2CCCCC2)C1c1ccc(Cl)cc1. The molecule has 29 heavy (non-hydrogen) atoms. The van der Waals surface area contributed by atoms with Gasteiger partial charge in [0.25, 0.3) is 0 Å². The first kappa shape index (κ1) is 20.6. The minimum absolute atomic E-state index is 0.0475. The summed E-state index contributed by atoms with van der Waals surface area (Å²) in [5, 5.41) is 13.9. The maximum atomic E-state index is 10.2. The molecule has 4 rings (SSSR count). The molecule has 2 aromatic rings. The predicted molar refractivity (Wildman–Crippen MR) is 121 cm³/mol. The largest absolute Gasteiger partial charge is 0.235 e. The molecule has 1 heterocycles. The lowest BCUT2D eigenvalue weighted by Crippen LogP contribution is -2.63. The van der Waals surface area contributed by atoms with E-state index in [-0.39, 0.29) is 12.1 Å². The van der Waals surface area contributed by atoms with E-state index in [0.29, 0.717) is 19.7 Å². The summed E-state index contributed by atoms with van der Waals surface area (Å²) in [5.74, 6) is 0. The molecule has 0 amide bonds. The van der Waals surface area contributed by atoms with Crippen LogP contribution in [0.2, 0.25) is 15.1 Å². The van der Waals surface area contributed by atoms with Gasteiger partial charge in [-0.05, 0) is 44.0 Å². The van der Waals surface area contributed by atoms with Gasteiger partial charge in [-0.3, -0.25) is 0 Å². The molecule has 0 aromatic heterocycles. The summed E-state index contributed by atoms with van der Waals surface area (Å²) in [5.41, 5.74) is 3.17. The first-order valence-corrected chi connectivity index (χ1v) is 11.1. The lowest BCUT2D eigenvalue weighted by molar-refractivity contribution is 0.00588. The van der Waals surface area contributed by atoms with E-state index in [1.807, 2.05) is 30.5 Å². The fraction of sp³-hybridized carbons (Fsp3) is 0.348. The average Bonchev–Trinajstić information content (AvgIpc) is 3.02. The van der Waals surface area contributed by atoms with Crippen molar-refractivity contribution < 1.29 is 0 Å². The Bertz CT molecular complexity index is 974. The van der Waals surface area contributed by atoms with Gasteiger partial charge in [0.15, 0.2) is 11.7 Å². The standard InChI is InChI=1S/C23H23Cl3N3/c1-16-14-28(15-27)29(20-5-3-2-4-6-20,22-12-11-19(25)13-21(22)26)23(16)17-7-9-18(24)10-8-17/h7-14,20,23H,2-6H2,1H3/q+1. The van der Waals surface area contributed by atoms with Crippen molar-refractivity contribution in [3.8, 4) is 6.19 Å². The van der Waals surface area contributed by atoms with Gasteiger partial charge in [0.05, 0.1) is 6.20 Å². The summed E-state index contributed by atoms with van der Waals surface area (Å²) < 4.78 is 0.361. The molecule has 0 N–H and O–H groups in total. The third kappa shape index (κ3) is 3.43. The van der Waals surface area contributed by atoms with E-state index in [0.717, 1.165) is 42.5 Å². The van der Waals surface area contributed by atoms with Crippen LogP contribution in [-0.4, -0.2) is 11.1 Å². The zero-order chi connectivity index (χ0) is 20.6. The van der Waals surface area contributed by atoms with Gasteiger partial charge >= 0.3 is 0 Å². The number of benzene rings is 2. The molecule has 2 unspecified atom stereocenters. The molecule has 1 saturated carbocycles. The van der Waals surface area contributed by atoms with Crippen molar-refractivity contribution in [2.24, 2.45) is 0 Å². The lowest BCUT2D eigenvalue weighted by Gasteiger charge is -2.48. The van der Waals surface area contributed by atoms with Crippen LogP contribution in [0.1, 0.15) is 50.6 Å². The quantitative estimate of drug-likeness (QED) is 0.357. The summed E-state index contributed by atoms with van der Waals surface area (Å²) in [6.45, 7) is 2.09. The number of nitrogens with zero attached hydrogens (tertiary/aromatic N) is 3. The molecular weight excluding hydrogens is 425 g/mol. The summed E-state index contributed by atoms with van der Waals surface area (Å²) in [6, 6.07) is 13.8. The van der Waals surface area contributed by atoms with E-state index < -0.39 is 0 Å². The van der Waals surface area contributed by atoms with E-state index in [1.165, 1.54) is 6.42 Å². The van der Waals surface area contributed by atoms with Crippen LogP contribution in [0.5, 0.6) is 0 Å². The molecule has 0 saturated heterocycles. The second-order valence-electron chi connectivity index (χ2n) is 7.90. The highest BCUT2D eigenvalue weighted by atomic mass is 35.5. The van der Waals surface area contributed by atoms with Crippen LogP contribution in [0.4, 0.5) is 5.69 Å². The van der Waals surface area contributed by atoms with Crippen LogP contribution in [0.15, 0.2) is 54.2 Å². The van der Waals surface area contributed by atoms with Gasteiger partial charge < -0.3 is 0 Å². The number of rotatable bonds is 3. The first-order chi connectivity index (χ1) is 14.0. The fourth-order valence-corrected chi connectivity index (χ4v) is 5.79. The maximum Gasteiger partial charge on any atom is 0.235 e. The summed E-state index contributed by atoms with van der Waals surface area (Å²) in [4.78, 5) is 0. The van der Waals surface area contributed by atoms with Crippen LogP contribution in [0.25, 0.3) is 0 Å². The van der Waals surface area contributed by atoms with Crippen LogP contribution in [-0.2, 0) is 0 Å². The van der Waals surface area contributed by atoms with Crippen LogP contribution in [0, 0.1) is 11.5 Å². The molecule has 2 atom stereocenters. The van der Waals surface area contributed by atoms with Crippen molar-refractivity contribution in [1.82, 2.24) is 9.60 Å². The first-order valence-electron chi connectivity index (χ1n) is 9.95. The van der Waals surface area contributed by atoms with E-state index in [4.69, 9.17) is 34.8 Å². The highest BCUT2D eigenvalue weighted by Crippen LogP contribution is 2.53. The second-order valence-corrected chi connectivity index (χ2v) is 9.18. The van der Waals surface area contributed by atoms with Crippen LogP contribution in [0.3, 0.4) is 0 Å². The number of nitriles is 1. The molecule has 1 fully saturated rings. The van der Waals surface area contributed by atoms with Gasteiger partial charge in [-0.2, -0.15) is 9.85 Å². The Morgan fingerprint density at radius 3 is 2.24 bits per heavy atom. The van der Waals surface area contributed by atoms with Gasteiger partial charge in [0.2, 0.25) is 6.19 Å². The number of hydrogen-bond acceptors (Lipinski definition) is 2. The van der Waals surface area contributed by atoms with E-state index in [2.05, 4.69) is 25.2 Å². The van der Waals surface area contributed by atoms with E-state index in [1.54, 1.807) is 11.1 Å². The van der Waals surface area contributed by atoms with Crippen molar-refractivity contribution in [3.63, 3.8) is 0 Å². The predicted octanol–water partition coefficient (Wildman–Crippen LogP) is 7.64. The maximum absolute atomic E-state index is 10.2. The lowest BCUT2D eigenvalue weighted by atomic mass is 9.88. The Morgan fingerprint density at radius 2 is 1.62 bits per heavy atom. The summed E-state index contributed by atoms with van der Waals surface area (Å²) in [6.07, 6.45) is 10.0. The molecular formula is C23H23Cl3N3+. The third-order valence-corrected chi connectivity index (χ3v) is 7.01. The zero-order valence-corrected chi connectivity index (χ0v) is 18.6. The van der Waals surface area contributed by atoms with Crippen molar-refractivity contribution in [2.75, 3.05) is 0 Å². The van der Waals surface area contributed by atoms with Crippen LogP contribution >= 0.6 is 34.8 Å². The number of hydrogen-bond donors (Lipinski definition) is 0. The Kier molecular flexibility index (Phi) is 5.82. The van der Waals surface area contributed by atoms with Gasteiger partial charge in [-0.1, -0.05) is 53.4 Å². The monoisotopic (exact) mass is 446 g/mol. The number of quaternary nitrogens is 1. The molecule has 2 aromatic carbocycles. The van der Waals surface area contributed by atoms with Gasteiger partial charge in [-0.15, -0.1) is 5.01 Å². The van der Waals surface area contributed by atoms with E-state index >= 15 is 0 Å². The fourth-order valence-electron chi connectivity index (χ4n) is 5.12. The van der Waals surface area contributed by atoms with Crippen molar-refractivity contribution in [1.29, 1.82) is 5.26 Å². The molecule has 150 valence electrons. The Morgan fingerprint density at radius 1 is 0.966 bits per heavy atom. The van der Waals surface area contributed by atoms with Gasteiger partial charge in [0.1, 0.15) is 11.1 Å². The Hall–Kier alpha value is -1.70.